The number of fused-ring (bicyclic) bond motifs is 3. The molecule has 1 aromatic heterocycles. The van der Waals surface area contributed by atoms with Gasteiger partial charge in [-0.15, -0.1) is 0 Å². The average Bonchev–Trinajstić information content (AvgIpc) is 2.95. The molecule has 1 unspecified atom stereocenters. The summed E-state index contributed by atoms with van der Waals surface area (Å²) in [6.45, 7) is 7.24. The fourth-order valence-corrected chi connectivity index (χ4v) is 4.12. The van der Waals surface area contributed by atoms with Crippen molar-refractivity contribution in [2.24, 2.45) is 0 Å². The van der Waals surface area contributed by atoms with Crippen LogP contribution in [-0.2, 0) is 13.0 Å². The lowest BCUT2D eigenvalue weighted by molar-refractivity contribution is 0.242. The van der Waals surface area contributed by atoms with E-state index < -0.39 is 0 Å². The van der Waals surface area contributed by atoms with Gasteiger partial charge < -0.3 is 9.30 Å². The molecule has 1 atom stereocenters. The second-order valence-electron chi connectivity index (χ2n) is 7.05. The van der Waals surface area contributed by atoms with Gasteiger partial charge in [-0.05, 0) is 44.2 Å². The molecule has 1 aliphatic heterocycles. The molecule has 0 saturated heterocycles. The monoisotopic (exact) mass is 334 g/mol. The molecule has 3 aromatic rings. The molecule has 4 rings (SSSR count). The summed E-state index contributed by atoms with van der Waals surface area (Å²) in [5.74, 6) is 0.942. The van der Waals surface area contributed by atoms with Gasteiger partial charge in [-0.1, -0.05) is 36.4 Å². The maximum Gasteiger partial charge on any atom is 0.119 e. The van der Waals surface area contributed by atoms with Crippen LogP contribution in [0.25, 0.3) is 10.9 Å². The van der Waals surface area contributed by atoms with Crippen LogP contribution in [0.4, 0.5) is 0 Å². The van der Waals surface area contributed by atoms with E-state index in [1.165, 1.54) is 27.7 Å². The zero-order valence-electron chi connectivity index (χ0n) is 15.3. The third-order valence-corrected chi connectivity index (χ3v) is 5.54. The number of hydrogen-bond acceptors (Lipinski definition) is 2. The summed E-state index contributed by atoms with van der Waals surface area (Å²) in [6, 6.07) is 17.2. The van der Waals surface area contributed by atoms with E-state index in [-0.39, 0.29) is 0 Å². The van der Waals surface area contributed by atoms with Gasteiger partial charge >= 0.3 is 0 Å². The van der Waals surface area contributed by atoms with Crippen molar-refractivity contribution < 1.29 is 4.74 Å². The molecule has 25 heavy (non-hydrogen) atoms. The number of para-hydroxylation sites is 2. The Bertz CT molecular complexity index is 882. The molecule has 130 valence electrons. The van der Waals surface area contributed by atoms with Crippen molar-refractivity contribution in [2.75, 3.05) is 20.2 Å². The molecule has 1 aliphatic rings. The maximum atomic E-state index is 5.98. The molecule has 0 aliphatic carbocycles. The first-order chi connectivity index (χ1) is 12.2. The largest absolute Gasteiger partial charge is 0.492 e. The highest BCUT2D eigenvalue weighted by atomic mass is 16.5. The number of aryl methyl sites for hydroxylation is 1. The average molecular weight is 334 g/mol. The Morgan fingerprint density at radius 1 is 1.08 bits per heavy atom. The summed E-state index contributed by atoms with van der Waals surface area (Å²) in [6.07, 6.45) is 1.11. The zero-order chi connectivity index (χ0) is 17.4. The van der Waals surface area contributed by atoms with Crippen LogP contribution in [0.2, 0.25) is 0 Å². The molecule has 3 nitrogen and oxygen atoms in total. The molecule has 0 amide bonds. The van der Waals surface area contributed by atoms with Crippen LogP contribution in [0.3, 0.4) is 0 Å². The first kappa shape index (κ1) is 16.2. The minimum absolute atomic E-state index is 0.462. The third kappa shape index (κ3) is 2.83. The van der Waals surface area contributed by atoms with Crippen molar-refractivity contribution in [2.45, 2.75) is 32.9 Å². The van der Waals surface area contributed by atoms with Gasteiger partial charge in [-0.2, -0.15) is 0 Å². The third-order valence-electron chi connectivity index (χ3n) is 5.54. The van der Waals surface area contributed by atoms with Gasteiger partial charge in [-0.25, -0.2) is 0 Å². The molecule has 0 fully saturated rings. The molecule has 2 heterocycles. The van der Waals surface area contributed by atoms with Crippen LogP contribution >= 0.6 is 0 Å². The number of nitrogens with zero attached hydrogens (tertiary/aromatic N) is 2. The van der Waals surface area contributed by atoms with Gasteiger partial charge in [0.15, 0.2) is 0 Å². The molecule has 3 heteroatoms. The van der Waals surface area contributed by atoms with Crippen LogP contribution < -0.4 is 4.74 Å². The Hall–Kier alpha value is -2.26. The summed E-state index contributed by atoms with van der Waals surface area (Å²) >= 11 is 0. The minimum atomic E-state index is 0.462. The van der Waals surface area contributed by atoms with E-state index in [1.807, 2.05) is 30.3 Å². The van der Waals surface area contributed by atoms with Crippen LogP contribution in [0, 0.1) is 6.92 Å². The Labute approximate surface area is 149 Å². The predicted molar refractivity (Wildman–Crippen MR) is 103 cm³/mol. The molecule has 0 saturated carbocycles. The Balaban J connectivity index is 1.71. The summed E-state index contributed by atoms with van der Waals surface area (Å²) in [5.41, 5.74) is 5.73. The first-order valence-electron chi connectivity index (χ1n) is 9.15. The number of likely N-dealkylation sites (N-methyl/N-ethyl adjacent to an activating group) is 1. The lowest BCUT2D eigenvalue weighted by Crippen LogP contribution is -2.31. The van der Waals surface area contributed by atoms with E-state index in [0.717, 1.165) is 25.3 Å². The van der Waals surface area contributed by atoms with E-state index in [9.17, 15) is 0 Å². The van der Waals surface area contributed by atoms with Gasteiger partial charge in [0.25, 0.3) is 0 Å². The van der Waals surface area contributed by atoms with E-state index in [0.29, 0.717) is 12.6 Å². The van der Waals surface area contributed by atoms with Crippen molar-refractivity contribution >= 4 is 10.9 Å². The first-order valence-corrected chi connectivity index (χ1v) is 9.15. The van der Waals surface area contributed by atoms with E-state index in [2.05, 4.69) is 48.6 Å². The van der Waals surface area contributed by atoms with Gasteiger partial charge in [0.1, 0.15) is 12.4 Å². The predicted octanol–water partition coefficient (Wildman–Crippen LogP) is 4.58. The normalized spacial score (nSPS) is 17.6. The van der Waals surface area contributed by atoms with Crippen molar-refractivity contribution in [3.63, 3.8) is 0 Å². The van der Waals surface area contributed by atoms with E-state index in [1.54, 1.807) is 0 Å². The van der Waals surface area contributed by atoms with Crippen molar-refractivity contribution in [3.05, 3.63) is 65.4 Å². The summed E-state index contributed by atoms with van der Waals surface area (Å²) in [5, 5.41) is 1.41. The topological polar surface area (TPSA) is 17.4 Å². The fraction of sp³-hybridized carbons (Fsp3) is 0.364. The van der Waals surface area contributed by atoms with Crippen LogP contribution in [0.5, 0.6) is 5.75 Å². The molecule has 0 bridgehead atoms. The Kier molecular flexibility index (Phi) is 4.26. The number of aromatic nitrogens is 1. The standard InChI is InChI=1S/C22H26N2O/c1-16-8-7-11-19-21-17(2)23(3)13-12-20(21)24(22(16)19)14-15-25-18-9-5-4-6-10-18/h4-11,17H,12-15H2,1-3H3. The van der Waals surface area contributed by atoms with E-state index in [4.69, 9.17) is 4.74 Å². The lowest BCUT2D eigenvalue weighted by atomic mass is 9.97. The summed E-state index contributed by atoms with van der Waals surface area (Å²) < 4.78 is 8.48. The SMILES string of the molecule is Cc1cccc2c3c(n(CCOc4ccccc4)c12)CCN(C)C3C. The number of rotatable bonds is 4. The van der Waals surface area contributed by atoms with Gasteiger partial charge in [-0.3, -0.25) is 4.90 Å². The number of benzene rings is 2. The summed E-state index contributed by atoms with van der Waals surface area (Å²) in [4.78, 5) is 2.45. The van der Waals surface area contributed by atoms with Crippen LogP contribution in [0.1, 0.15) is 29.8 Å². The van der Waals surface area contributed by atoms with Gasteiger partial charge in [0.05, 0.1) is 12.1 Å². The molecule has 2 aromatic carbocycles. The van der Waals surface area contributed by atoms with Crippen molar-refractivity contribution in [1.29, 1.82) is 0 Å². The number of hydrogen-bond donors (Lipinski definition) is 0. The highest BCUT2D eigenvalue weighted by Gasteiger charge is 2.28. The summed E-state index contributed by atoms with van der Waals surface area (Å²) in [7, 11) is 2.23. The fourth-order valence-electron chi connectivity index (χ4n) is 4.12. The van der Waals surface area contributed by atoms with Crippen molar-refractivity contribution in [1.82, 2.24) is 9.47 Å². The lowest BCUT2D eigenvalue weighted by Gasteiger charge is -2.31. The molecule has 0 N–H and O–H groups in total. The highest BCUT2D eigenvalue weighted by Crippen LogP contribution is 2.38. The Morgan fingerprint density at radius 2 is 1.88 bits per heavy atom. The highest BCUT2D eigenvalue weighted by molar-refractivity contribution is 5.89. The second kappa shape index (κ2) is 6.57. The molecular weight excluding hydrogens is 308 g/mol. The quantitative estimate of drug-likeness (QED) is 0.695. The van der Waals surface area contributed by atoms with Gasteiger partial charge in [0, 0.05) is 30.1 Å². The number of ether oxygens (including phenoxy) is 1. The van der Waals surface area contributed by atoms with Gasteiger partial charge in [0.2, 0.25) is 0 Å². The minimum Gasteiger partial charge on any atom is -0.492 e. The molecule has 0 spiro atoms. The maximum absolute atomic E-state index is 5.98. The second-order valence-corrected chi connectivity index (χ2v) is 7.05. The smallest absolute Gasteiger partial charge is 0.119 e. The van der Waals surface area contributed by atoms with Crippen molar-refractivity contribution in [3.8, 4) is 5.75 Å². The van der Waals surface area contributed by atoms with Crippen LogP contribution in [-0.4, -0.2) is 29.7 Å². The van der Waals surface area contributed by atoms with Crippen LogP contribution in [0.15, 0.2) is 48.5 Å². The zero-order valence-corrected chi connectivity index (χ0v) is 15.3. The Morgan fingerprint density at radius 3 is 2.68 bits per heavy atom. The molecule has 0 radical (unpaired) electrons. The van der Waals surface area contributed by atoms with E-state index >= 15 is 0 Å². The molecular formula is C22H26N2O.